The Kier molecular flexibility index (Phi) is 8.76. The van der Waals surface area contributed by atoms with Crippen molar-refractivity contribution < 1.29 is 14.3 Å². The molecule has 2 N–H and O–H groups in total. The van der Waals surface area contributed by atoms with Gasteiger partial charge in [-0.1, -0.05) is 32.3 Å². The van der Waals surface area contributed by atoms with Crippen molar-refractivity contribution in [3.05, 3.63) is 54.1 Å². The van der Waals surface area contributed by atoms with Gasteiger partial charge in [-0.15, -0.1) is 0 Å². The van der Waals surface area contributed by atoms with Crippen LogP contribution in [0.2, 0.25) is 0 Å². The van der Waals surface area contributed by atoms with Crippen LogP contribution < -0.4 is 15.4 Å². The molecule has 31 heavy (non-hydrogen) atoms. The van der Waals surface area contributed by atoms with Crippen molar-refractivity contribution in [2.75, 3.05) is 36.9 Å². The molecule has 0 spiro atoms. The first-order valence-electron chi connectivity index (χ1n) is 11.3. The lowest BCUT2D eigenvalue weighted by Gasteiger charge is -2.15. The van der Waals surface area contributed by atoms with Crippen LogP contribution in [0.5, 0.6) is 5.75 Å². The van der Waals surface area contributed by atoms with Crippen LogP contribution in [-0.2, 0) is 4.79 Å². The highest BCUT2D eigenvalue weighted by Crippen LogP contribution is 2.18. The average Bonchev–Trinajstić information content (AvgIpc) is 3.33. The highest BCUT2D eigenvalue weighted by molar-refractivity contribution is 5.96. The van der Waals surface area contributed by atoms with Crippen LogP contribution in [0, 0.1) is 0 Å². The van der Waals surface area contributed by atoms with E-state index in [4.69, 9.17) is 4.74 Å². The number of likely N-dealkylation sites (tertiary alicyclic amines) is 1. The summed E-state index contributed by atoms with van der Waals surface area (Å²) in [7, 11) is 0. The molecular weight excluding hydrogens is 390 g/mol. The molecule has 0 unspecified atom stereocenters. The minimum absolute atomic E-state index is 0.0597. The first-order valence-corrected chi connectivity index (χ1v) is 11.3. The molecule has 1 heterocycles. The molecule has 0 aromatic heterocycles. The number of hydrogen-bond acceptors (Lipinski definition) is 4. The largest absolute Gasteiger partial charge is 0.494 e. The van der Waals surface area contributed by atoms with Crippen molar-refractivity contribution in [2.24, 2.45) is 0 Å². The minimum atomic E-state index is -0.149. The molecule has 0 bridgehead atoms. The molecule has 2 aromatic carbocycles. The lowest BCUT2D eigenvalue weighted by Crippen LogP contribution is -2.27. The zero-order valence-electron chi connectivity index (χ0n) is 18.4. The van der Waals surface area contributed by atoms with E-state index in [1.807, 2.05) is 29.2 Å². The molecule has 0 atom stereocenters. The number of hydrogen-bond donors (Lipinski definition) is 2. The fourth-order valence-corrected chi connectivity index (χ4v) is 3.60. The molecule has 1 fully saturated rings. The summed E-state index contributed by atoms with van der Waals surface area (Å²) in [5.74, 6) is 0.717. The zero-order chi connectivity index (χ0) is 21.9. The summed E-state index contributed by atoms with van der Waals surface area (Å²) in [6.45, 7) is 4.70. The Labute approximate surface area is 185 Å². The van der Waals surface area contributed by atoms with Gasteiger partial charge in [0.25, 0.3) is 5.91 Å². The number of carbonyl (C=O) groups is 2. The van der Waals surface area contributed by atoms with E-state index in [1.165, 1.54) is 19.3 Å². The van der Waals surface area contributed by atoms with Crippen molar-refractivity contribution in [3.8, 4) is 5.75 Å². The molecule has 2 amide bonds. The predicted octanol–water partition coefficient (Wildman–Crippen LogP) is 4.93. The van der Waals surface area contributed by atoms with Gasteiger partial charge in [0.1, 0.15) is 5.75 Å². The number of ether oxygens (including phenoxy) is 1. The third-order valence-electron chi connectivity index (χ3n) is 5.36. The Bertz CT molecular complexity index is 845. The number of anilines is 2. The Morgan fingerprint density at radius 3 is 2.48 bits per heavy atom. The summed E-state index contributed by atoms with van der Waals surface area (Å²) in [4.78, 5) is 26.6. The summed E-state index contributed by atoms with van der Waals surface area (Å²) in [6, 6.07) is 14.7. The topological polar surface area (TPSA) is 70.7 Å². The maximum Gasteiger partial charge on any atom is 0.253 e. The van der Waals surface area contributed by atoms with E-state index in [-0.39, 0.29) is 18.4 Å². The molecule has 3 rings (SSSR count). The van der Waals surface area contributed by atoms with Crippen molar-refractivity contribution in [3.63, 3.8) is 0 Å². The van der Waals surface area contributed by atoms with E-state index >= 15 is 0 Å². The van der Waals surface area contributed by atoms with Crippen LogP contribution in [-0.4, -0.2) is 43.0 Å². The lowest BCUT2D eigenvalue weighted by atomic mass is 10.2. The Morgan fingerprint density at radius 1 is 0.968 bits per heavy atom. The van der Waals surface area contributed by atoms with Gasteiger partial charge < -0.3 is 20.3 Å². The number of nitrogens with zero attached hydrogens (tertiary/aromatic N) is 1. The summed E-state index contributed by atoms with van der Waals surface area (Å²) in [5, 5.41) is 5.99. The van der Waals surface area contributed by atoms with Crippen molar-refractivity contribution in [1.29, 1.82) is 0 Å². The van der Waals surface area contributed by atoms with Gasteiger partial charge in [0, 0.05) is 36.1 Å². The third kappa shape index (κ3) is 7.31. The second kappa shape index (κ2) is 12.0. The molecule has 1 saturated heterocycles. The molecule has 1 aliphatic heterocycles. The molecule has 0 radical (unpaired) electrons. The molecule has 0 aliphatic carbocycles. The van der Waals surface area contributed by atoms with E-state index in [0.717, 1.165) is 43.8 Å². The summed E-state index contributed by atoms with van der Waals surface area (Å²) in [6.07, 6.45) is 6.82. The molecule has 6 heteroatoms. The van der Waals surface area contributed by atoms with Gasteiger partial charge in [-0.25, -0.2) is 0 Å². The zero-order valence-corrected chi connectivity index (χ0v) is 18.4. The van der Waals surface area contributed by atoms with Gasteiger partial charge in [0.05, 0.1) is 13.2 Å². The van der Waals surface area contributed by atoms with Crippen molar-refractivity contribution in [1.82, 2.24) is 4.90 Å². The Balaban J connectivity index is 1.42. The maximum atomic E-state index is 12.4. The van der Waals surface area contributed by atoms with Crippen LogP contribution in [0.3, 0.4) is 0 Å². The number of rotatable bonds is 11. The van der Waals surface area contributed by atoms with E-state index in [0.29, 0.717) is 17.9 Å². The van der Waals surface area contributed by atoms with Crippen molar-refractivity contribution in [2.45, 2.75) is 45.4 Å². The average molecular weight is 424 g/mol. The van der Waals surface area contributed by atoms with Crippen LogP contribution in [0.25, 0.3) is 0 Å². The summed E-state index contributed by atoms with van der Waals surface area (Å²) >= 11 is 0. The van der Waals surface area contributed by atoms with Gasteiger partial charge in [-0.3, -0.25) is 9.59 Å². The number of amides is 2. The molecule has 0 saturated carbocycles. The molecule has 1 aliphatic rings. The highest BCUT2D eigenvalue weighted by Gasteiger charge is 2.19. The summed E-state index contributed by atoms with van der Waals surface area (Å²) < 4.78 is 5.79. The summed E-state index contributed by atoms with van der Waals surface area (Å²) in [5.41, 5.74) is 2.17. The maximum absolute atomic E-state index is 12.4. The van der Waals surface area contributed by atoms with Crippen LogP contribution in [0.15, 0.2) is 48.5 Å². The predicted molar refractivity (Wildman–Crippen MR) is 125 cm³/mol. The van der Waals surface area contributed by atoms with Crippen LogP contribution in [0.4, 0.5) is 11.4 Å². The quantitative estimate of drug-likeness (QED) is 0.503. The lowest BCUT2D eigenvalue weighted by molar-refractivity contribution is -0.114. The highest BCUT2D eigenvalue weighted by atomic mass is 16.5. The van der Waals surface area contributed by atoms with Crippen LogP contribution in [0.1, 0.15) is 55.8 Å². The van der Waals surface area contributed by atoms with E-state index < -0.39 is 0 Å². The number of unbranched alkanes of at least 4 members (excludes halogenated alkanes) is 3. The molecule has 2 aromatic rings. The Hall–Kier alpha value is -3.02. The second-order valence-electron chi connectivity index (χ2n) is 7.92. The SMILES string of the molecule is CCCCCCOc1cccc(NCC(=O)Nc2ccc(C(=O)N3CCCC3)cc2)c1. The van der Waals surface area contributed by atoms with Gasteiger partial charge in [-0.05, 0) is 55.7 Å². The minimum Gasteiger partial charge on any atom is -0.494 e. The fourth-order valence-electron chi connectivity index (χ4n) is 3.60. The smallest absolute Gasteiger partial charge is 0.253 e. The van der Waals surface area contributed by atoms with Gasteiger partial charge in [0.2, 0.25) is 5.91 Å². The normalized spacial score (nSPS) is 13.1. The fraction of sp³-hybridized carbons (Fsp3) is 0.440. The van der Waals surface area contributed by atoms with Gasteiger partial charge in [0.15, 0.2) is 0 Å². The third-order valence-corrected chi connectivity index (χ3v) is 5.36. The second-order valence-corrected chi connectivity index (χ2v) is 7.92. The van der Waals surface area contributed by atoms with Crippen molar-refractivity contribution >= 4 is 23.2 Å². The first-order chi connectivity index (χ1) is 15.2. The molecule has 166 valence electrons. The van der Waals surface area contributed by atoms with Gasteiger partial charge in [-0.2, -0.15) is 0 Å². The number of benzene rings is 2. The Morgan fingerprint density at radius 2 is 1.74 bits per heavy atom. The standard InChI is InChI=1S/C25H33N3O3/c1-2-3-4-7-17-31-23-10-8-9-22(18-23)26-19-24(29)27-21-13-11-20(12-14-21)25(30)28-15-5-6-16-28/h8-14,18,26H,2-7,15-17,19H2,1H3,(H,27,29). The van der Waals surface area contributed by atoms with E-state index in [9.17, 15) is 9.59 Å². The monoisotopic (exact) mass is 423 g/mol. The molecule has 6 nitrogen and oxygen atoms in total. The number of nitrogens with one attached hydrogen (secondary N) is 2. The first kappa shape index (κ1) is 22.7. The van der Waals surface area contributed by atoms with Crippen LogP contribution >= 0.6 is 0 Å². The van der Waals surface area contributed by atoms with E-state index in [2.05, 4.69) is 17.6 Å². The van der Waals surface area contributed by atoms with Gasteiger partial charge >= 0.3 is 0 Å². The van der Waals surface area contributed by atoms with E-state index in [1.54, 1.807) is 24.3 Å². The molecular formula is C25H33N3O3. The number of carbonyl (C=O) groups excluding carboxylic acids is 2.